The molecule has 0 radical (unpaired) electrons. The highest BCUT2D eigenvalue weighted by Crippen LogP contribution is 2.38. The van der Waals surface area contributed by atoms with Crippen molar-refractivity contribution in [3.8, 4) is 0 Å². The lowest BCUT2D eigenvalue weighted by Crippen LogP contribution is -2.40. The van der Waals surface area contributed by atoms with Crippen LogP contribution in [0.2, 0.25) is 0 Å². The molecule has 1 fully saturated rings. The average Bonchev–Trinajstić information content (AvgIpc) is 2.99. The Morgan fingerprint density at radius 1 is 1.40 bits per heavy atom. The molecule has 1 aromatic heterocycles. The summed E-state index contributed by atoms with van der Waals surface area (Å²) >= 11 is 0. The Balaban J connectivity index is 1.83. The minimum absolute atomic E-state index is 0.0509. The Hall–Kier alpha value is -1.36. The predicted molar refractivity (Wildman–Crippen MR) is 79.1 cm³/mol. The molecule has 1 heterocycles. The van der Waals surface area contributed by atoms with E-state index in [0.29, 0.717) is 19.5 Å². The third-order valence-electron chi connectivity index (χ3n) is 4.52. The molecule has 1 amide bonds. The first-order chi connectivity index (χ1) is 9.65. The Kier molecular flexibility index (Phi) is 5.17. The Morgan fingerprint density at radius 2 is 2.15 bits per heavy atom. The summed E-state index contributed by atoms with van der Waals surface area (Å²) in [4.78, 5) is 14.2. The highest BCUT2D eigenvalue weighted by Gasteiger charge is 2.33. The van der Waals surface area contributed by atoms with Crippen molar-refractivity contribution < 1.29 is 4.79 Å². The van der Waals surface area contributed by atoms with Gasteiger partial charge in [-0.25, -0.2) is 0 Å². The van der Waals surface area contributed by atoms with Crippen molar-refractivity contribution in [1.82, 2.24) is 14.7 Å². The van der Waals surface area contributed by atoms with Gasteiger partial charge in [-0.05, 0) is 30.9 Å². The summed E-state index contributed by atoms with van der Waals surface area (Å²) in [5, 5.41) is 4.15. The minimum atomic E-state index is 0.0509. The number of nitrogens with two attached hydrogens (primary N) is 1. The van der Waals surface area contributed by atoms with Crippen LogP contribution >= 0.6 is 0 Å². The molecular weight excluding hydrogens is 252 g/mol. The van der Waals surface area contributed by atoms with Crippen LogP contribution in [0.15, 0.2) is 18.5 Å². The number of amides is 1. The predicted octanol–water partition coefficient (Wildman–Crippen LogP) is 1.64. The number of nitrogens with zero attached hydrogens (tertiary/aromatic N) is 3. The van der Waals surface area contributed by atoms with Crippen LogP contribution < -0.4 is 5.73 Å². The van der Waals surface area contributed by atoms with E-state index >= 15 is 0 Å². The number of carbonyl (C=O) groups is 1. The minimum Gasteiger partial charge on any atom is -0.344 e. The van der Waals surface area contributed by atoms with Crippen molar-refractivity contribution in [2.75, 3.05) is 20.1 Å². The zero-order valence-corrected chi connectivity index (χ0v) is 12.4. The fraction of sp³-hybridized carbons (Fsp3) is 0.733. The lowest BCUT2D eigenvalue weighted by atomic mass is 9.71. The van der Waals surface area contributed by atoms with E-state index in [0.717, 1.165) is 19.4 Å². The smallest absolute Gasteiger partial charge is 0.222 e. The van der Waals surface area contributed by atoms with Crippen molar-refractivity contribution in [2.45, 2.75) is 45.1 Å². The van der Waals surface area contributed by atoms with Gasteiger partial charge in [-0.2, -0.15) is 5.10 Å². The fourth-order valence-electron chi connectivity index (χ4n) is 3.02. The number of likely N-dealkylation sites (N-methyl/N-ethyl adjacent to an activating group) is 1. The summed E-state index contributed by atoms with van der Waals surface area (Å²) in [5.74, 6) is 0.213. The van der Waals surface area contributed by atoms with Crippen molar-refractivity contribution in [2.24, 2.45) is 11.1 Å². The second-order valence-electron chi connectivity index (χ2n) is 6.03. The first kappa shape index (κ1) is 15.0. The number of hydrogen-bond acceptors (Lipinski definition) is 3. The van der Waals surface area contributed by atoms with E-state index in [4.69, 9.17) is 5.73 Å². The summed E-state index contributed by atoms with van der Waals surface area (Å²) in [6, 6.07) is 1.90. The molecular formula is C15H26N4O. The molecule has 2 N–H and O–H groups in total. The molecule has 1 aliphatic rings. The van der Waals surface area contributed by atoms with E-state index in [9.17, 15) is 4.79 Å². The van der Waals surface area contributed by atoms with Gasteiger partial charge in [0.1, 0.15) is 0 Å². The molecule has 2 rings (SSSR count). The Labute approximate surface area is 121 Å². The molecule has 1 aromatic rings. The topological polar surface area (TPSA) is 64.2 Å². The van der Waals surface area contributed by atoms with Crippen LogP contribution in [-0.2, 0) is 11.3 Å². The van der Waals surface area contributed by atoms with Gasteiger partial charge in [0.05, 0.1) is 6.54 Å². The molecule has 0 atom stereocenters. The fourth-order valence-corrected chi connectivity index (χ4v) is 3.02. The van der Waals surface area contributed by atoms with Crippen molar-refractivity contribution in [1.29, 1.82) is 0 Å². The van der Waals surface area contributed by atoms with Gasteiger partial charge in [0, 0.05) is 32.4 Å². The molecule has 112 valence electrons. The summed E-state index contributed by atoms with van der Waals surface area (Å²) < 4.78 is 1.85. The number of aromatic nitrogens is 2. The summed E-state index contributed by atoms with van der Waals surface area (Å²) in [6.07, 6.45) is 10.2. The SMILES string of the molecule is CN(CCn1cccn1)C(=O)CC1(CN)CCCCC1. The summed E-state index contributed by atoms with van der Waals surface area (Å²) in [7, 11) is 1.87. The van der Waals surface area contributed by atoms with Gasteiger partial charge in [-0.3, -0.25) is 9.48 Å². The van der Waals surface area contributed by atoms with Crippen LogP contribution in [0.3, 0.4) is 0 Å². The van der Waals surface area contributed by atoms with Gasteiger partial charge in [0.15, 0.2) is 0 Å². The molecule has 1 saturated carbocycles. The maximum atomic E-state index is 12.4. The van der Waals surface area contributed by atoms with Crippen LogP contribution in [0.1, 0.15) is 38.5 Å². The third-order valence-corrected chi connectivity index (χ3v) is 4.52. The van der Waals surface area contributed by atoms with Crippen molar-refractivity contribution in [3.05, 3.63) is 18.5 Å². The second kappa shape index (κ2) is 6.88. The van der Waals surface area contributed by atoms with Gasteiger partial charge >= 0.3 is 0 Å². The maximum absolute atomic E-state index is 12.4. The van der Waals surface area contributed by atoms with Gasteiger partial charge in [-0.15, -0.1) is 0 Å². The standard InChI is InChI=1S/C15H26N4O/c1-18(10-11-19-9-5-8-17-19)14(20)12-15(13-16)6-3-2-4-7-15/h5,8-9H,2-4,6-7,10-13,16H2,1H3. The Morgan fingerprint density at radius 3 is 2.75 bits per heavy atom. The van der Waals surface area contributed by atoms with Gasteiger partial charge in [0.2, 0.25) is 5.91 Å². The number of carbonyl (C=O) groups excluding carboxylic acids is 1. The van der Waals surface area contributed by atoms with Gasteiger partial charge in [0.25, 0.3) is 0 Å². The molecule has 0 aliphatic heterocycles. The molecule has 0 bridgehead atoms. The van der Waals surface area contributed by atoms with E-state index < -0.39 is 0 Å². The highest BCUT2D eigenvalue weighted by molar-refractivity contribution is 5.76. The first-order valence-electron chi connectivity index (χ1n) is 7.57. The van der Waals surface area contributed by atoms with Gasteiger partial charge in [-0.1, -0.05) is 19.3 Å². The van der Waals surface area contributed by atoms with Crippen LogP contribution in [-0.4, -0.2) is 40.7 Å². The van der Waals surface area contributed by atoms with E-state index in [2.05, 4.69) is 5.10 Å². The molecule has 0 unspecified atom stereocenters. The largest absolute Gasteiger partial charge is 0.344 e. The molecule has 5 nitrogen and oxygen atoms in total. The number of hydrogen-bond donors (Lipinski definition) is 1. The Bertz CT molecular complexity index is 410. The van der Waals surface area contributed by atoms with Crippen LogP contribution in [0.25, 0.3) is 0 Å². The zero-order chi connectivity index (χ0) is 14.4. The van der Waals surface area contributed by atoms with E-state index in [1.54, 1.807) is 6.20 Å². The van der Waals surface area contributed by atoms with Crippen LogP contribution in [0.4, 0.5) is 0 Å². The molecule has 5 heteroatoms. The summed E-state index contributed by atoms with van der Waals surface area (Å²) in [6.45, 7) is 2.07. The molecule has 0 spiro atoms. The normalized spacial score (nSPS) is 17.9. The van der Waals surface area contributed by atoms with Crippen LogP contribution in [0, 0.1) is 5.41 Å². The average molecular weight is 278 g/mol. The van der Waals surface area contributed by atoms with Crippen molar-refractivity contribution in [3.63, 3.8) is 0 Å². The maximum Gasteiger partial charge on any atom is 0.222 e. The third kappa shape index (κ3) is 3.82. The lowest BCUT2D eigenvalue weighted by Gasteiger charge is -2.36. The quantitative estimate of drug-likeness (QED) is 0.860. The molecule has 1 aliphatic carbocycles. The molecule has 0 saturated heterocycles. The monoisotopic (exact) mass is 278 g/mol. The first-order valence-corrected chi connectivity index (χ1v) is 7.57. The van der Waals surface area contributed by atoms with E-state index in [1.165, 1.54) is 19.3 Å². The highest BCUT2D eigenvalue weighted by atomic mass is 16.2. The summed E-state index contributed by atoms with van der Waals surface area (Å²) in [5.41, 5.74) is 6.00. The van der Waals surface area contributed by atoms with Crippen molar-refractivity contribution >= 4 is 5.91 Å². The molecule has 0 aromatic carbocycles. The lowest BCUT2D eigenvalue weighted by molar-refractivity contribution is -0.133. The van der Waals surface area contributed by atoms with E-state index in [-0.39, 0.29) is 11.3 Å². The van der Waals surface area contributed by atoms with E-state index in [1.807, 2.05) is 28.9 Å². The second-order valence-corrected chi connectivity index (χ2v) is 6.03. The zero-order valence-electron chi connectivity index (χ0n) is 12.4. The van der Waals surface area contributed by atoms with Crippen LogP contribution in [0.5, 0.6) is 0 Å². The van der Waals surface area contributed by atoms with Gasteiger partial charge < -0.3 is 10.6 Å². The number of rotatable bonds is 6. The molecule has 20 heavy (non-hydrogen) atoms.